The molecule has 0 spiro atoms. The predicted octanol–water partition coefficient (Wildman–Crippen LogP) is 7.94. The first-order chi connectivity index (χ1) is 26.5. The van der Waals surface area contributed by atoms with Crippen LogP contribution in [-0.4, -0.2) is 50.8 Å². The fourth-order valence-electron chi connectivity index (χ4n) is 8.94. The molecule has 6 atom stereocenters. The van der Waals surface area contributed by atoms with Gasteiger partial charge in [0.15, 0.2) is 5.82 Å². The third kappa shape index (κ3) is 5.71. The van der Waals surface area contributed by atoms with Gasteiger partial charge in [-0.3, -0.25) is 29.6 Å². The first-order valence-electron chi connectivity index (χ1n) is 17.2. The van der Waals surface area contributed by atoms with Gasteiger partial charge in [0.25, 0.3) is 23.6 Å². The smallest absolute Gasteiger partial charge is 0.433 e. The van der Waals surface area contributed by atoms with E-state index < -0.39 is 82.1 Å². The summed E-state index contributed by atoms with van der Waals surface area (Å²) in [7, 11) is 1.21. The highest BCUT2D eigenvalue weighted by Crippen LogP contribution is 2.65. The molecule has 2 aliphatic heterocycles. The Kier molecular flexibility index (Phi) is 9.09. The summed E-state index contributed by atoms with van der Waals surface area (Å²) in [6.07, 6.45) is -3.22. The van der Waals surface area contributed by atoms with Crippen LogP contribution in [0, 0.1) is 29.5 Å². The molecular formula is C39H28Cl3F4N5O5. The van der Waals surface area contributed by atoms with Crippen molar-refractivity contribution in [3.05, 3.63) is 128 Å². The largest absolute Gasteiger partial charge is 0.508 e. The molecule has 1 aromatic heterocycles. The van der Waals surface area contributed by atoms with Crippen LogP contribution in [-0.2, 0) is 30.8 Å². The second kappa shape index (κ2) is 13.5. The molecule has 56 heavy (non-hydrogen) atoms. The predicted molar refractivity (Wildman–Crippen MR) is 197 cm³/mol. The molecular weight excluding hydrogens is 801 g/mol. The number of aromatic hydroxyl groups is 1. The lowest BCUT2D eigenvalue weighted by molar-refractivity contribution is -0.142. The minimum Gasteiger partial charge on any atom is -0.508 e. The molecule has 17 heteroatoms. The molecule has 0 radical (unpaired) electrons. The van der Waals surface area contributed by atoms with Gasteiger partial charge in [-0.05, 0) is 90.6 Å². The first kappa shape index (κ1) is 37.7. The lowest BCUT2D eigenvalue weighted by Crippen LogP contribution is -2.53. The second-order valence-corrected chi connectivity index (χ2v) is 15.3. The van der Waals surface area contributed by atoms with Gasteiger partial charge in [0.1, 0.15) is 17.3 Å². The van der Waals surface area contributed by atoms with E-state index in [2.05, 4.69) is 10.4 Å². The number of phenolic OH excluding ortho intramolecular Hbond substituents is 1. The van der Waals surface area contributed by atoms with Crippen LogP contribution in [0.2, 0.25) is 15.1 Å². The van der Waals surface area contributed by atoms with Gasteiger partial charge in [0, 0.05) is 23.0 Å². The molecule has 3 heterocycles. The lowest BCUT2D eigenvalue weighted by atomic mass is 9.49. The number of halogens is 7. The highest BCUT2D eigenvalue weighted by Gasteiger charge is 2.70. The van der Waals surface area contributed by atoms with Gasteiger partial charge < -0.3 is 5.11 Å². The van der Waals surface area contributed by atoms with Crippen molar-refractivity contribution in [2.75, 3.05) is 17.5 Å². The van der Waals surface area contributed by atoms with E-state index in [0.29, 0.717) is 27.8 Å². The Bertz CT molecular complexity index is 2360. The summed E-state index contributed by atoms with van der Waals surface area (Å²) < 4.78 is 54.9. The molecule has 4 amide bonds. The van der Waals surface area contributed by atoms with Gasteiger partial charge in [-0.1, -0.05) is 64.7 Å². The van der Waals surface area contributed by atoms with Crippen LogP contribution in [0.3, 0.4) is 0 Å². The molecule has 2 saturated heterocycles. The van der Waals surface area contributed by atoms with Crippen molar-refractivity contribution in [2.24, 2.45) is 23.7 Å². The molecule has 288 valence electrons. The number of nitrogens with zero attached hydrogens (tertiary/aromatic N) is 4. The van der Waals surface area contributed by atoms with Crippen molar-refractivity contribution >= 4 is 69.9 Å². The Hall–Kier alpha value is -5.18. The standard InChI is InChI=1S/C39H28Cl3F4N5O5/c1-49(33-28(41)14-15-30(47-33)39(44,45)46)51-34(53)25-13-12-23-26(31(25)36(51)55)17-27-35(54)50(48-21-8-6-20(43)7-9-21)37(56)38(27,18-2-4-19(40)5-3-18)32(23)24-11-10-22(52)16-29(24)42/h2-12,14-16,25-27,31-32,48,52H,13,17H2,1H3. The van der Waals surface area contributed by atoms with Crippen molar-refractivity contribution in [1.82, 2.24) is 15.0 Å². The van der Waals surface area contributed by atoms with Crippen molar-refractivity contribution < 1.29 is 41.8 Å². The number of hydrogen-bond donors (Lipinski definition) is 2. The molecule has 3 fully saturated rings. The van der Waals surface area contributed by atoms with Crippen molar-refractivity contribution in [3.8, 4) is 5.75 Å². The average Bonchev–Trinajstić information content (AvgIpc) is 3.53. The van der Waals surface area contributed by atoms with Crippen molar-refractivity contribution in [1.29, 1.82) is 0 Å². The van der Waals surface area contributed by atoms with E-state index in [0.717, 1.165) is 33.2 Å². The number of fused-ring (bicyclic) bond motifs is 4. The second-order valence-electron chi connectivity index (χ2n) is 14.1. The van der Waals surface area contributed by atoms with E-state index in [4.69, 9.17) is 34.8 Å². The summed E-state index contributed by atoms with van der Waals surface area (Å²) in [5.41, 5.74) is 1.31. The number of aromatic nitrogens is 1. The number of carbonyl (C=O) groups is 4. The van der Waals surface area contributed by atoms with Gasteiger partial charge in [-0.15, -0.1) is 0 Å². The fourth-order valence-corrected chi connectivity index (χ4v) is 9.58. The Balaban J connectivity index is 1.28. The minimum atomic E-state index is -4.85. The number of pyridine rings is 1. The van der Waals surface area contributed by atoms with E-state index in [1.54, 1.807) is 30.3 Å². The third-order valence-corrected chi connectivity index (χ3v) is 12.1. The van der Waals surface area contributed by atoms with Gasteiger partial charge in [-0.25, -0.2) is 9.37 Å². The normalized spacial score (nSPS) is 25.9. The maximum atomic E-state index is 15.2. The number of amides is 4. The summed E-state index contributed by atoms with van der Waals surface area (Å²) >= 11 is 19.5. The van der Waals surface area contributed by atoms with Crippen LogP contribution < -0.4 is 10.4 Å². The molecule has 0 bridgehead atoms. The van der Waals surface area contributed by atoms with E-state index >= 15 is 4.79 Å². The molecule has 2 N–H and O–H groups in total. The number of rotatable bonds is 6. The maximum absolute atomic E-state index is 15.2. The molecule has 2 aliphatic carbocycles. The highest BCUT2D eigenvalue weighted by molar-refractivity contribution is 6.33. The SMILES string of the molecule is CN(c1nc(C(F)(F)F)ccc1Cl)N1C(=O)C2CC=C3C(CC4C(=O)N(Nc5ccc(F)cc5)C(=O)C4(c4ccc(Cl)cc4)C3c3ccc(O)cc3Cl)C2C1=O. The molecule has 3 aromatic carbocycles. The van der Waals surface area contributed by atoms with Crippen LogP contribution in [0.4, 0.5) is 29.1 Å². The zero-order valence-electron chi connectivity index (χ0n) is 28.9. The zero-order valence-corrected chi connectivity index (χ0v) is 31.2. The molecule has 1 saturated carbocycles. The molecule has 10 nitrogen and oxygen atoms in total. The number of nitrogens with one attached hydrogen (secondary N) is 1. The first-order valence-corrected chi connectivity index (χ1v) is 18.4. The summed E-state index contributed by atoms with van der Waals surface area (Å²) in [5, 5.41) is 13.0. The van der Waals surface area contributed by atoms with Gasteiger partial charge in [0.2, 0.25) is 0 Å². The Labute approximate surface area is 331 Å². The summed E-state index contributed by atoms with van der Waals surface area (Å²) in [5.74, 6) is -9.29. The number of hydrogen-bond acceptors (Lipinski definition) is 8. The topological polar surface area (TPSA) is 123 Å². The van der Waals surface area contributed by atoms with Gasteiger partial charge in [0.05, 0.1) is 33.9 Å². The molecule has 4 aromatic rings. The van der Waals surface area contributed by atoms with Crippen molar-refractivity contribution in [2.45, 2.75) is 30.4 Å². The Morgan fingerprint density at radius 2 is 1.57 bits per heavy atom. The van der Waals surface area contributed by atoms with E-state index in [-0.39, 0.29) is 34.3 Å². The number of allylic oxidation sites excluding steroid dienone is 2. The summed E-state index contributed by atoms with van der Waals surface area (Å²) in [4.78, 5) is 62.3. The summed E-state index contributed by atoms with van der Waals surface area (Å²) in [6.45, 7) is 0. The number of carbonyl (C=O) groups excluding carboxylic acids is 4. The van der Waals surface area contributed by atoms with Gasteiger partial charge in [-0.2, -0.15) is 23.2 Å². The van der Waals surface area contributed by atoms with E-state index in [9.17, 15) is 37.1 Å². The molecule has 6 unspecified atom stereocenters. The van der Waals surface area contributed by atoms with Crippen LogP contribution in [0.5, 0.6) is 5.75 Å². The van der Waals surface area contributed by atoms with Crippen LogP contribution in [0.1, 0.15) is 35.6 Å². The van der Waals surface area contributed by atoms with Crippen LogP contribution in [0.15, 0.2) is 90.5 Å². The monoisotopic (exact) mass is 827 g/mol. The highest BCUT2D eigenvalue weighted by atomic mass is 35.5. The molecule has 8 rings (SSSR count). The zero-order chi connectivity index (χ0) is 40.0. The number of phenols is 1. The summed E-state index contributed by atoms with van der Waals surface area (Å²) in [6, 6.07) is 17.3. The maximum Gasteiger partial charge on any atom is 0.433 e. The van der Waals surface area contributed by atoms with E-state index in [1.807, 2.05) is 0 Å². The number of anilines is 2. The average molecular weight is 829 g/mol. The number of imide groups is 2. The van der Waals surface area contributed by atoms with Crippen molar-refractivity contribution in [3.63, 3.8) is 0 Å². The third-order valence-electron chi connectivity index (χ3n) is 11.3. The lowest BCUT2D eigenvalue weighted by Gasteiger charge is -2.50. The van der Waals surface area contributed by atoms with E-state index in [1.165, 1.54) is 37.4 Å². The quantitative estimate of drug-likeness (QED) is 0.114. The Morgan fingerprint density at radius 1 is 0.875 bits per heavy atom. The van der Waals surface area contributed by atoms with Crippen LogP contribution >= 0.6 is 34.8 Å². The fraction of sp³-hybridized carbons (Fsp3) is 0.256. The number of alkyl halides is 3. The number of benzene rings is 3. The molecule has 4 aliphatic rings. The Morgan fingerprint density at radius 3 is 2.23 bits per heavy atom. The minimum absolute atomic E-state index is 0.0115. The number of hydrazine groups is 2. The van der Waals surface area contributed by atoms with Crippen LogP contribution in [0.25, 0.3) is 0 Å². The van der Waals surface area contributed by atoms with Gasteiger partial charge >= 0.3 is 6.18 Å².